The van der Waals surface area contributed by atoms with Crippen LogP contribution in [0.15, 0.2) is 72.8 Å². The predicted molar refractivity (Wildman–Crippen MR) is 142 cm³/mol. The van der Waals surface area contributed by atoms with Crippen LogP contribution in [0.3, 0.4) is 0 Å². The average molecular weight is 490 g/mol. The minimum Gasteiger partial charge on any atom is -0.492 e. The zero-order valence-corrected chi connectivity index (χ0v) is 21.3. The minimum atomic E-state index is -0.157. The van der Waals surface area contributed by atoms with Crippen LogP contribution in [0, 0.1) is 0 Å². The SMILES string of the molecule is CC(C)(C)c1ccc(OCCn2c(CCCNC(=O)c3ccccc3Cl)nc3ccccc32)cc1. The smallest absolute Gasteiger partial charge is 0.252 e. The number of hydrogen-bond donors (Lipinski definition) is 1. The molecule has 1 N–H and O–H groups in total. The number of benzene rings is 3. The van der Waals surface area contributed by atoms with E-state index < -0.39 is 0 Å². The van der Waals surface area contributed by atoms with Crippen LogP contribution in [0.25, 0.3) is 11.0 Å². The Labute approximate surface area is 212 Å². The molecule has 5 nitrogen and oxygen atoms in total. The molecular formula is C29H32ClN3O2. The first-order valence-electron chi connectivity index (χ1n) is 12.0. The number of fused-ring (bicyclic) bond motifs is 1. The van der Waals surface area contributed by atoms with Crippen molar-refractivity contribution in [2.75, 3.05) is 13.2 Å². The fourth-order valence-corrected chi connectivity index (χ4v) is 4.28. The van der Waals surface area contributed by atoms with E-state index in [9.17, 15) is 4.79 Å². The van der Waals surface area contributed by atoms with Crippen molar-refractivity contribution in [2.45, 2.75) is 45.6 Å². The molecule has 0 saturated carbocycles. The van der Waals surface area contributed by atoms with Crippen LogP contribution in [0.5, 0.6) is 5.75 Å². The summed E-state index contributed by atoms with van der Waals surface area (Å²) < 4.78 is 8.27. The van der Waals surface area contributed by atoms with E-state index in [2.05, 4.69) is 48.9 Å². The van der Waals surface area contributed by atoms with Crippen molar-refractivity contribution in [3.63, 3.8) is 0 Å². The van der Waals surface area contributed by atoms with E-state index in [1.165, 1.54) is 5.56 Å². The van der Waals surface area contributed by atoms with Gasteiger partial charge in [0.25, 0.3) is 5.91 Å². The van der Waals surface area contributed by atoms with Gasteiger partial charge >= 0.3 is 0 Å². The molecule has 6 heteroatoms. The Morgan fingerprint density at radius 1 is 1.00 bits per heavy atom. The van der Waals surface area contributed by atoms with Gasteiger partial charge in [-0.3, -0.25) is 4.79 Å². The number of nitrogens with one attached hydrogen (secondary N) is 1. The highest BCUT2D eigenvalue weighted by Crippen LogP contribution is 2.24. The molecular weight excluding hydrogens is 458 g/mol. The fourth-order valence-electron chi connectivity index (χ4n) is 4.06. The maximum Gasteiger partial charge on any atom is 0.252 e. The Kier molecular flexibility index (Phi) is 7.76. The third-order valence-electron chi connectivity index (χ3n) is 6.02. The molecule has 1 amide bonds. The second kappa shape index (κ2) is 11.0. The molecule has 0 radical (unpaired) electrons. The van der Waals surface area contributed by atoms with E-state index in [1.54, 1.807) is 12.1 Å². The van der Waals surface area contributed by atoms with Crippen molar-refractivity contribution in [3.05, 3.63) is 94.8 Å². The summed E-state index contributed by atoms with van der Waals surface area (Å²) in [5.41, 5.74) is 3.96. The lowest BCUT2D eigenvalue weighted by molar-refractivity contribution is 0.0953. The molecule has 4 rings (SSSR count). The van der Waals surface area contributed by atoms with E-state index >= 15 is 0 Å². The number of rotatable bonds is 9. The van der Waals surface area contributed by atoms with Crippen molar-refractivity contribution in [1.82, 2.24) is 14.9 Å². The summed E-state index contributed by atoms with van der Waals surface area (Å²) in [6.07, 6.45) is 1.52. The van der Waals surface area contributed by atoms with Crippen LogP contribution < -0.4 is 10.1 Å². The standard InChI is InChI=1S/C29H32ClN3O2/c1-29(2,3)21-14-16-22(17-15-21)35-20-19-33-26-12-7-6-11-25(26)32-27(33)13-8-18-31-28(34)23-9-4-5-10-24(23)30/h4-7,9-12,14-17H,8,13,18-20H2,1-3H3,(H,31,34). The zero-order chi connectivity index (χ0) is 24.8. The van der Waals surface area contributed by atoms with Crippen LogP contribution >= 0.6 is 11.6 Å². The van der Waals surface area contributed by atoms with Crippen LogP contribution in [0.4, 0.5) is 0 Å². The van der Waals surface area contributed by atoms with E-state index in [1.807, 2.05) is 42.5 Å². The quantitative estimate of drug-likeness (QED) is 0.276. The maximum atomic E-state index is 12.4. The van der Waals surface area contributed by atoms with Crippen molar-refractivity contribution >= 4 is 28.5 Å². The van der Waals surface area contributed by atoms with Gasteiger partial charge in [-0.25, -0.2) is 4.98 Å². The maximum absolute atomic E-state index is 12.4. The van der Waals surface area contributed by atoms with Crippen molar-refractivity contribution in [3.8, 4) is 5.75 Å². The molecule has 0 aliphatic rings. The van der Waals surface area contributed by atoms with E-state index in [-0.39, 0.29) is 11.3 Å². The van der Waals surface area contributed by atoms with Gasteiger partial charge in [0.1, 0.15) is 18.2 Å². The third kappa shape index (κ3) is 6.23. The van der Waals surface area contributed by atoms with Crippen molar-refractivity contribution < 1.29 is 9.53 Å². The second-order valence-corrected chi connectivity index (χ2v) is 10.0. The lowest BCUT2D eigenvalue weighted by Gasteiger charge is -2.19. The van der Waals surface area contributed by atoms with Gasteiger partial charge in [0.2, 0.25) is 0 Å². The summed E-state index contributed by atoms with van der Waals surface area (Å²) >= 11 is 6.13. The van der Waals surface area contributed by atoms with Gasteiger partial charge in [-0.2, -0.15) is 0 Å². The summed E-state index contributed by atoms with van der Waals surface area (Å²) in [7, 11) is 0. The highest BCUT2D eigenvalue weighted by atomic mass is 35.5. The van der Waals surface area contributed by atoms with E-state index in [0.29, 0.717) is 30.3 Å². The Bertz CT molecular complexity index is 1290. The normalized spacial score (nSPS) is 11.5. The van der Waals surface area contributed by atoms with Gasteiger partial charge in [0, 0.05) is 13.0 Å². The lowest BCUT2D eigenvalue weighted by Crippen LogP contribution is -2.25. The molecule has 0 unspecified atom stereocenters. The monoisotopic (exact) mass is 489 g/mol. The number of aryl methyl sites for hydroxylation is 1. The molecule has 0 saturated heterocycles. The van der Waals surface area contributed by atoms with Crippen LogP contribution in [-0.2, 0) is 18.4 Å². The van der Waals surface area contributed by atoms with Crippen molar-refractivity contribution in [1.29, 1.82) is 0 Å². The van der Waals surface area contributed by atoms with Crippen molar-refractivity contribution in [2.24, 2.45) is 0 Å². The van der Waals surface area contributed by atoms with Gasteiger partial charge in [-0.1, -0.05) is 68.8 Å². The fraction of sp³-hybridized carbons (Fsp3) is 0.310. The number of ether oxygens (including phenoxy) is 1. The van der Waals surface area contributed by atoms with Gasteiger partial charge in [-0.15, -0.1) is 0 Å². The van der Waals surface area contributed by atoms with Gasteiger partial charge in [0.15, 0.2) is 0 Å². The molecule has 0 spiro atoms. The van der Waals surface area contributed by atoms with Gasteiger partial charge in [0.05, 0.1) is 28.2 Å². The molecule has 0 bridgehead atoms. The molecule has 35 heavy (non-hydrogen) atoms. The highest BCUT2D eigenvalue weighted by Gasteiger charge is 2.14. The molecule has 182 valence electrons. The molecule has 1 aromatic heterocycles. The first-order valence-corrected chi connectivity index (χ1v) is 12.4. The summed E-state index contributed by atoms with van der Waals surface area (Å²) in [6.45, 7) is 8.41. The second-order valence-electron chi connectivity index (χ2n) is 9.63. The lowest BCUT2D eigenvalue weighted by atomic mass is 9.87. The number of carbonyl (C=O) groups is 1. The summed E-state index contributed by atoms with van der Waals surface area (Å²) in [5, 5.41) is 3.42. The number of nitrogens with zero attached hydrogens (tertiary/aromatic N) is 2. The molecule has 0 aliphatic heterocycles. The molecule has 3 aromatic carbocycles. The summed E-state index contributed by atoms with van der Waals surface area (Å²) in [5.74, 6) is 1.70. The first-order chi connectivity index (χ1) is 16.8. The molecule has 0 aliphatic carbocycles. The first kappa shape index (κ1) is 24.8. The van der Waals surface area contributed by atoms with Crippen LogP contribution in [0.1, 0.15) is 48.9 Å². The molecule has 4 aromatic rings. The number of para-hydroxylation sites is 2. The summed E-state index contributed by atoms with van der Waals surface area (Å²) in [4.78, 5) is 17.2. The Balaban J connectivity index is 1.36. The number of imidazole rings is 1. The topological polar surface area (TPSA) is 56.1 Å². The average Bonchev–Trinajstić information content (AvgIpc) is 3.19. The number of halogens is 1. The molecule has 0 atom stereocenters. The largest absolute Gasteiger partial charge is 0.492 e. The molecule has 0 fully saturated rings. The Morgan fingerprint density at radius 2 is 1.71 bits per heavy atom. The van der Waals surface area contributed by atoms with E-state index in [4.69, 9.17) is 21.3 Å². The van der Waals surface area contributed by atoms with Crippen LogP contribution in [0.2, 0.25) is 5.02 Å². The van der Waals surface area contributed by atoms with Crippen LogP contribution in [-0.4, -0.2) is 28.6 Å². The number of carbonyl (C=O) groups excluding carboxylic acids is 1. The minimum absolute atomic E-state index is 0.121. The van der Waals surface area contributed by atoms with Gasteiger partial charge < -0.3 is 14.6 Å². The Morgan fingerprint density at radius 3 is 2.46 bits per heavy atom. The van der Waals surface area contributed by atoms with Gasteiger partial charge in [-0.05, 0) is 53.8 Å². The number of amides is 1. The Hall–Kier alpha value is -3.31. The highest BCUT2D eigenvalue weighted by molar-refractivity contribution is 6.33. The number of aromatic nitrogens is 2. The molecule has 1 heterocycles. The third-order valence-corrected chi connectivity index (χ3v) is 6.35. The predicted octanol–water partition coefficient (Wildman–Crippen LogP) is 6.43. The summed E-state index contributed by atoms with van der Waals surface area (Å²) in [6, 6.07) is 23.6. The van der Waals surface area contributed by atoms with E-state index in [0.717, 1.165) is 35.4 Å². The zero-order valence-electron chi connectivity index (χ0n) is 20.6. The number of hydrogen-bond acceptors (Lipinski definition) is 3.